The van der Waals surface area contributed by atoms with Crippen LogP contribution in [0.15, 0.2) is 60.0 Å². The molecule has 1 atom stereocenters. The van der Waals surface area contributed by atoms with Crippen LogP contribution < -0.4 is 4.74 Å². The monoisotopic (exact) mass is 701 g/mol. The Hall–Kier alpha value is -3.84. The summed E-state index contributed by atoms with van der Waals surface area (Å²) in [6.45, 7) is 2.10. The molecule has 2 aromatic carbocycles. The number of ether oxygens (including phenoxy) is 2. The summed E-state index contributed by atoms with van der Waals surface area (Å²) in [5.74, 6) is 0.0507. The van der Waals surface area contributed by atoms with Gasteiger partial charge in [0.15, 0.2) is 0 Å². The van der Waals surface area contributed by atoms with Crippen LogP contribution in [0.5, 0.6) is 5.88 Å². The van der Waals surface area contributed by atoms with Crippen molar-refractivity contribution in [2.45, 2.75) is 50.4 Å². The van der Waals surface area contributed by atoms with E-state index in [9.17, 15) is 21.6 Å². The van der Waals surface area contributed by atoms with Crippen LogP contribution in [0.4, 0.5) is 13.2 Å². The summed E-state index contributed by atoms with van der Waals surface area (Å²) in [6, 6.07) is 12.5. The number of aryl methyl sites for hydroxylation is 1. The van der Waals surface area contributed by atoms with E-state index < -0.39 is 41.2 Å². The molecule has 14 heteroatoms. The number of aromatic nitrogens is 5. The maximum atomic E-state index is 14.8. The van der Waals surface area contributed by atoms with Crippen molar-refractivity contribution in [3.63, 3.8) is 0 Å². The zero-order chi connectivity index (χ0) is 31.5. The molecule has 7 rings (SSSR count). The number of pyridine rings is 1. The summed E-state index contributed by atoms with van der Waals surface area (Å²) in [5, 5.41) is 5.42. The molecule has 45 heavy (non-hydrogen) atoms. The number of benzene rings is 2. The fourth-order valence-electron chi connectivity index (χ4n) is 5.80. The van der Waals surface area contributed by atoms with Gasteiger partial charge in [0.25, 0.3) is 0 Å². The second kappa shape index (κ2) is 11.2. The molecule has 0 aliphatic carbocycles. The maximum absolute atomic E-state index is 14.8. The molecule has 0 N–H and O–H groups in total. The van der Waals surface area contributed by atoms with Crippen LogP contribution in [0.1, 0.15) is 42.2 Å². The van der Waals surface area contributed by atoms with Gasteiger partial charge in [0.1, 0.15) is 0 Å². The van der Waals surface area contributed by atoms with Crippen molar-refractivity contribution in [3.8, 4) is 17.1 Å². The Bertz CT molecular complexity index is 2190. The molecule has 1 unspecified atom stereocenters. The van der Waals surface area contributed by atoms with Crippen LogP contribution in [0.2, 0.25) is 0 Å². The van der Waals surface area contributed by atoms with Gasteiger partial charge in [-0.1, -0.05) is 0 Å². The van der Waals surface area contributed by atoms with E-state index in [1.54, 1.807) is 10.7 Å². The van der Waals surface area contributed by atoms with E-state index in [1.807, 2.05) is 30.3 Å². The van der Waals surface area contributed by atoms with Crippen LogP contribution in [0.25, 0.3) is 41.6 Å². The average Bonchev–Trinajstić information content (AvgIpc) is 3.60. The fourth-order valence-corrected chi connectivity index (χ4v) is 8.86. The Morgan fingerprint density at radius 3 is 2.62 bits per heavy atom. The van der Waals surface area contributed by atoms with E-state index in [0.717, 1.165) is 24.7 Å². The molecule has 0 radical (unpaired) electrons. The predicted molar refractivity (Wildman–Crippen MR) is 163 cm³/mol. The van der Waals surface area contributed by atoms with Gasteiger partial charge < -0.3 is 0 Å². The molecule has 6 aromatic rings. The van der Waals surface area contributed by atoms with E-state index in [4.69, 9.17) is 9.47 Å². The first-order chi connectivity index (χ1) is 21.5. The summed E-state index contributed by atoms with van der Waals surface area (Å²) in [4.78, 5) is 13.2. The summed E-state index contributed by atoms with van der Waals surface area (Å²) < 4.78 is 84.2. The standard InChI is InChI=1S/C31H26F3N5O4SSe/c1-17-14-21-20(15-36-39(21)22-10-6-7-13-42-22)23(25(17)31(32,33)34)26-27-19(11-12-35-26)24-28(43-16-18-8-4-3-5-9-18)37-30(44(2,40)41)38-29(24)45-27/h3-5,8-9,11-12,14-15,22H,6-7,10,13,16H2,1-2H3. The molecular weight excluding hydrogens is 674 g/mol. The number of hydrogen-bond acceptors (Lipinski definition) is 8. The molecule has 1 saturated heterocycles. The van der Waals surface area contributed by atoms with E-state index in [1.165, 1.54) is 25.4 Å². The van der Waals surface area contributed by atoms with Gasteiger partial charge in [-0.25, -0.2) is 0 Å². The van der Waals surface area contributed by atoms with Crippen molar-refractivity contribution in [1.29, 1.82) is 0 Å². The average molecular weight is 701 g/mol. The number of hydrogen-bond donors (Lipinski definition) is 0. The topological polar surface area (TPSA) is 109 Å². The van der Waals surface area contributed by atoms with Gasteiger partial charge >= 0.3 is 262 Å². The first kappa shape index (κ1) is 29.8. The first-order valence-electron chi connectivity index (χ1n) is 14.2. The van der Waals surface area contributed by atoms with Crippen molar-refractivity contribution >= 4 is 54.7 Å². The molecule has 5 heterocycles. The number of sulfone groups is 1. The predicted octanol–water partition coefficient (Wildman–Crippen LogP) is 6.26. The van der Waals surface area contributed by atoms with E-state index in [0.29, 0.717) is 43.4 Å². The van der Waals surface area contributed by atoms with Gasteiger partial charge in [-0.15, -0.1) is 0 Å². The number of halogens is 3. The quantitative estimate of drug-likeness (QED) is 0.148. The SMILES string of the molecule is Cc1cc2c(cnn2C2CCCCO2)c(-c2nccc3c2[se]c2nc(S(C)(=O)=O)nc(OCc4ccccc4)c23)c1C(F)(F)F. The van der Waals surface area contributed by atoms with Crippen molar-refractivity contribution in [3.05, 3.63) is 71.5 Å². The molecule has 0 spiro atoms. The minimum atomic E-state index is -4.69. The van der Waals surface area contributed by atoms with Crippen LogP contribution >= 0.6 is 0 Å². The van der Waals surface area contributed by atoms with Crippen LogP contribution in [0.3, 0.4) is 0 Å². The van der Waals surface area contributed by atoms with E-state index >= 15 is 0 Å². The molecule has 0 bridgehead atoms. The molecule has 1 aliphatic heterocycles. The molecule has 0 amide bonds. The molecule has 232 valence electrons. The van der Waals surface area contributed by atoms with E-state index in [-0.39, 0.29) is 35.5 Å². The molecular formula is C31H26F3N5O4SSe. The summed E-state index contributed by atoms with van der Waals surface area (Å²) in [5.41, 5.74) is 0.669. The number of rotatable bonds is 6. The third kappa shape index (κ3) is 5.39. The van der Waals surface area contributed by atoms with Gasteiger partial charge in [-0.3, -0.25) is 0 Å². The van der Waals surface area contributed by atoms with Crippen molar-refractivity contribution in [2.24, 2.45) is 0 Å². The Balaban J connectivity index is 1.50. The van der Waals surface area contributed by atoms with E-state index in [2.05, 4.69) is 20.1 Å². The molecule has 1 fully saturated rings. The zero-order valence-electron chi connectivity index (χ0n) is 24.1. The Morgan fingerprint density at radius 2 is 1.91 bits per heavy atom. The van der Waals surface area contributed by atoms with Crippen LogP contribution in [-0.2, 0) is 27.4 Å². The second-order valence-electron chi connectivity index (χ2n) is 11.0. The Kier molecular flexibility index (Phi) is 7.43. The number of fused-ring (bicyclic) bond motifs is 4. The van der Waals surface area contributed by atoms with Crippen molar-refractivity contribution in [2.75, 3.05) is 12.9 Å². The van der Waals surface area contributed by atoms with Gasteiger partial charge in [0, 0.05) is 0 Å². The molecule has 1 aliphatic rings. The molecule has 4 aromatic heterocycles. The van der Waals surface area contributed by atoms with Gasteiger partial charge in [0.2, 0.25) is 0 Å². The number of alkyl halides is 3. The summed E-state index contributed by atoms with van der Waals surface area (Å²) >= 11 is -0.719. The third-order valence-corrected chi connectivity index (χ3v) is 11.0. The molecule has 0 saturated carbocycles. The van der Waals surface area contributed by atoms with Crippen molar-refractivity contribution < 1.29 is 31.1 Å². The Labute approximate surface area is 261 Å². The summed E-state index contributed by atoms with van der Waals surface area (Å²) in [7, 11) is -3.83. The zero-order valence-corrected chi connectivity index (χ0v) is 26.7. The fraction of sp³-hybridized carbons (Fsp3) is 0.290. The third-order valence-electron chi connectivity index (χ3n) is 7.79. The van der Waals surface area contributed by atoms with Crippen LogP contribution in [-0.4, -0.2) is 60.5 Å². The normalized spacial score (nSPS) is 16.2. The van der Waals surface area contributed by atoms with Crippen LogP contribution in [0, 0.1) is 6.92 Å². The summed E-state index contributed by atoms with van der Waals surface area (Å²) in [6.07, 6.45) is 1.39. The number of nitrogens with zero attached hydrogens (tertiary/aromatic N) is 5. The Morgan fingerprint density at radius 1 is 1.11 bits per heavy atom. The van der Waals surface area contributed by atoms with Crippen molar-refractivity contribution in [1.82, 2.24) is 24.7 Å². The second-order valence-corrected chi connectivity index (χ2v) is 15.0. The first-order valence-corrected chi connectivity index (χ1v) is 17.8. The van der Waals surface area contributed by atoms with Gasteiger partial charge in [-0.05, 0) is 0 Å². The molecule has 9 nitrogen and oxygen atoms in total. The van der Waals surface area contributed by atoms with Gasteiger partial charge in [-0.2, -0.15) is 0 Å². The van der Waals surface area contributed by atoms with Gasteiger partial charge in [0.05, 0.1) is 0 Å². The minimum absolute atomic E-state index is 0.0380.